The minimum atomic E-state index is -0.562. The first-order valence-electron chi connectivity index (χ1n) is 9.31. The minimum absolute atomic E-state index is 0.0346. The molecule has 8 nitrogen and oxygen atoms in total. The van der Waals surface area contributed by atoms with Crippen LogP contribution in [0.3, 0.4) is 0 Å². The number of carbonyl (C=O) groups is 1. The van der Waals surface area contributed by atoms with Crippen LogP contribution in [0, 0.1) is 0 Å². The maximum atomic E-state index is 12.8. The molecule has 0 unspecified atom stereocenters. The highest BCUT2D eigenvalue weighted by Gasteiger charge is 2.28. The molecule has 5 rings (SSSR count). The van der Waals surface area contributed by atoms with Crippen molar-refractivity contribution in [2.75, 3.05) is 19.0 Å². The van der Waals surface area contributed by atoms with Crippen LogP contribution in [0.1, 0.15) is 22.4 Å². The molecule has 2 heterocycles. The quantitative estimate of drug-likeness (QED) is 0.550. The number of methoxy groups -OCH3 is 1. The molecule has 0 radical (unpaired) electrons. The predicted octanol–water partition coefficient (Wildman–Crippen LogP) is 4.00. The molecule has 1 aliphatic heterocycles. The number of nitrogens with zero attached hydrogens (tertiary/aromatic N) is 2. The van der Waals surface area contributed by atoms with Crippen LogP contribution in [0.15, 0.2) is 65.1 Å². The topological polar surface area (TPSA) is 95.7 Å². The monoisotopic (exact) mass is 403 g/mol. The molecule has 1 atom stereocenters. The van der Waals surface area contributed by atoms with Crippen molar-refractivity contribution in [2.45, 2.75) is 6.10 Å². The van der Waals surface area contributed by atoms with Gasteiger partial charge in [-0.1, -0.05) is 41.5 Å². The van der Waals surface area contributed by atoms with Gasteiger partial charge >= 0.3 is 6.01 Å². The summed E-state index contributed by atoms with van der Waals surface area (Å²) < 4.78 is 22.5. The van der Waals surface area contributed by atoms with E-state index in [1.807, 2.05) is 48.5 Å². The first kappa shape index (κ1) is 18.0. The summed E-state index contributed by atoms with van der Waals surface area (Å²) in [5, 5.41) is 12.4. The van der Waals surface area contributed by atoms with Crippen molar-refractivity contribution in [3.8, 4) is 17.2 Å². The van der Waals surface area contributed by atoms with E-state index in [4.69, 9.17) is 18.6 Å². The molecule has 0 saturated carbocycles. The lowest BCUT2D eigenvalue weighted by atomic mass is 10.1. The fourth-order valence-electron chi connectivity index (χ4n) is 3.29. The van der Waals surface area contributed by atoms with Crippen LogP contribution in [-0.2, 0) is 0 Å². The molecule has 0 bridgehead atoms. The molecule has 3 aromatic carbocycles. The van der Waals surface area contributed by atoms with Crippen molar-refractivity contribution < 1.29 is 23.4 Å². The van der Waals surface area contributed by atoms with E-state index in [2.05, 4.69) is 15.5 Å². The third-order valence-corrected chi connectivity index (χ3v) is 4.76. The van der Waals surface area contributed by atoms with Gasteiger partial charge in [-0.25, -0.2) is 0 Å². The SMILES string of the molecule is COc1cc2ccccc2cc1C(=O)Nc1nnc([C@@H]2COc3ccccc3O2)o1. The lowest BCUT2D eigenvalue weighted by Crippen LogP contribution is -2.21. The highest BCUT2D eigenvalue weighted by Crippen LogP contribution is 2.35. The van der Waals surface area contributed by atoms with E-state index < -0.39 is 12.0 Å². The fraction of sp³-hybridized carbons (Fsp3) is 0.136. The molecule has 1 aliphatic rings. The van der Waals surface area contributed by atoms with Gasteiger partial charge in [0.15, 0.2) is 11.5 Å². The Kier molecular flexibility index (Phi) is 4.44. The summed E-state index contributed by atoms with van der Waals surface area (Å²) in [5.74, 6) is 1.50. The first-order valence-corrected chi connectivity index (χ1v) is 9.31. The number of nitrogens with one attached hydrogen (secondary N) is 1. The zero-order valence-corrected chi connectivity index (χ0v) is 16.0. The summed E-state index contributed by atoms with van der Waals surface area (Å²) in [4.78, 5) is 12.8. The summed E-state index contributed by atoms with van der Waals surface area (Å²) in [5.41, 5.74) is 0.363. The Morgan fingerprint density at radius 1 is 1.03 bits per heavy atom. The number of benzene rings is 3. The normalized spacial score (nSPS) is 15.0. The molecule has 1 N–H and O–H groups in total. The minimum Gasteiger partial charge on any atom is -0.496 e. The van der Waals surface area contributed by atoms with Gasteiger partial charge in [-0.05, 0) is 35.0 Å². The summed E-state index contributed by atoms with van der Waals surface area (Å²) in [6.07, 6.45) is -0.562. The Balaban J connectivity index is 1.36. The number of fused-ring (bicyclic) bond motifs is 2. The van der Waals surface area contributed by atoms with Gasteiger partial charge in [-0.2, -0.15) is 0 Å². The van der Waals surface area contributed by atoms with Crippen molar-refractivity contribution in [1.82, 2.24) is 10.2 Å². The molecule has 0 spiro atoms. The van der Waals surface area contributed by atoms with Crippen LogP contribution in [0.4, 0.5) is 6.01 Å². The Hall–Kier alpha value is -4.07. The smallest absolute Gasteiger partial charge is 0.322 e. The maximum Gasteiger partial charge on any atom is 0.322 e. The second kappa shape index (κ2) is 7.40. The van der Waals surface area contributed by atoms with Crippen molar-refractivity contribution in [1.29, 1.82) is 0 Å². The lowest BCUT2D eigenvalue weighted by Gasteiger charge is -2.23. The van der Waals surface area contributed by atoms with E-state index in [9.17, 15) is 4.79 Å². The number of amides is 1. The average molecular weight is 403 g/mol. The second-order valence-electron chi connectivity index (χ2n) is 6.66. The molecule has 8 heteroatoms. The highest BCUT2D eigenvalue weighted by molar-refractivity contribution is 6.07. The summed E-state index contributed by atoms with van der Waals surface area (Å²) in [7, 11) is 1.52. The Morgan fingerprint density at radius 2 is 1.77 bits per heavy atom. The molecular formula is C22H17N3O5. The van der Waals surface area contributed by atoms with E-state index in [1.165, 1.54) is 7.11 Å². The molecule has 0 fully saturated rings. The van der Waals surface area contributed by atoms with Crippen molar-refractivity contribution in [2.24, 2.45) is 0 Å². The van der Waals surface area contributed by atoms with Gasteiger partial charge in [0.1, 0.15) is 12.4 Å². The number of ether oxygens (including phenoxy) is 3. The van der Waals surface area contributed by atoms with E-state index in [0.29, 0.717) is 22.8 Å². The number of hydrogen-bond acceptors (Lipinski definition) is 7. The third kappa shape index (κ3) is 3.28. The Labute approximate surface area is 171 Å². The van der Waals surface area contributed by atoms with Crippen molar-refractivity contribution >= 4 is 22.7 Å². The van der Waals surface area contributed by atoms with Gasteiger partial charge in [-0.15, -0.1) is 5.10 Å². The summed E-state index contributed by atoms with van der Waals surface area (Å²) in [6.45, 7) is 0.227. The third-order valence-electron chi connectivity index (χ3n) is 4.76. The Bertz CT molecular complexity index is 1240. The molecule has 0 saturated heterocycles. The van der Waals surface area contributed by atoms with E-state index in [0.717, 1.165) is 10.8 Å². The van der Waals surface area contributed by atoms with Crippen LogP contribution in [0.2, 0.25) is 0 Å². The Morgan fingerprint density at radius 3 is 2.57 bits per heavy atom. The van der Waals surface area contributed by atoms with Crippen molar-refractivity contribution in [3.63, 3.8) is 0 Å². The zero-order chi connectivity index (χ0) is 20.5. The molecule has 4 aromatic rings. The molecule has 1 aromatic heterocycles. The van der Waals surface area contributed by atoms with Gasteiger partial charge in [0, 0.05) is 0 Å². The van der Waals surface area contributed by atoms with E-state index >= 15 is 0 Å². The van der Waals surface area contributed by atoms with E-state index in [1.54, 1.807) is 12.1 Å². The molecule has 0 aliphatic carbocycles. The van der Waals surface area contributed by atoms with Gasteiger partial charge in [0.05, 0.1) is 12.7 Å². The standard InChI is InChI=1S/C22H17N3O5/c1-27-18-11-14-7-3-2-6-13(14)10-15(18)20(26)23-22-25-24-21(30-22)19-12-28-16-8-4-5-9-17(16)29-19/h2-11,19H,12H2,1H3,(H,23,25,26)/t19-/m0/s1. The highest BCUT2D eigenvalue weighted by atomic mass is 16.6. The van der Waals surface area contributed by atoms with Crippen LogP contribution in [-0.4, -0.2) is 29.8 Å². The van der Waals surface area contributed by atoms with Crippen LogP contribution >= 0.6 is 0 Å². The summed E-state index contributed by atoms with van der Waals surface area (Å²) in [6, 6.07) is 18.6. The number of para-hydroxylation sites is 2. The van der Waals surface area contributed by atoms with Crippen LogP contribution in [0.5, 0.6) is 17.2 Å². The van der Waals surface area contributed by atoms with Crippen LogP contribution < -0.4 is 19.5 Å². The zero-order valence-electron chi connectivity index (χ0n) is 16.0. The number of aromatic nitrogens is 2. The largest absolute Gasteiger partial charge is 0.496 e. The fourth-order valence-corrected chi connectivity index (χ4v) is 3.29. The average Bonchev–Trinajstić information content (AvgIpc) is 3.26. The molecular weight excluding hydrogens is 386 g/mol. The van der Waals surface area contributed by atoms with Crippen LogP contribution in [0.25, 0.3) is 10.8 Å². The summed E-state index contributed by atoms with van der Waals surface area (Å²) >= 11 is 0. The van der Waals surface area contributed by atoms with Gasteiger partial charge in [0.2, 0.25) is 6.10 Å². The first-order chi connectivity index (χ1) is 14.7. The van der Waals surface area contributed by atoms with E-state index in [-0.39, 0.29) is 18.5 Å². The lowest BCUT2D eigenvalue weighted by molar-refractivity contribution is 0.0716. The number of anilines is 1. The van der Waals surface area contributed by atoms with Gasteiger partial charge < -0.3 is 18.6 Å². The predicted molar refractivity (Wildman–Crippen MR) is 108 cm³/mol. The molecule has 1 amide bonds. The van der Waals surface area contributed by atoms with Gasteiger partial charge in [-0.3, -0.25) is 10.1 Å². The molecule has 150 valence electrons. The number of rotatable bonds is 4. The number of hydrogen-bond donors (Lipinski definition) is 1. The van der Waals surface area contributed by atoms with Crippen molar-refractivity contribution in [3.05, 3.63) is 72.1 Å². The van der Waals surface area contributed by atoms with Gasteiger partial charge in [0.25, 0.3) is 11.8 Å². The second-order valence-corrected chi connectivity index (χ2v) is 6.66. The maximum absolute atomic E-state index is 12.8. The number of carbonyl (C=O) groups excluding carboxylic acids is 1. The molecule has 30 heavy (non-hydrogen) atoms.